The Morgan fingerprint density at radius 3 is 2.24 bits per heavy atom. The van der Waals surface area contributed by atoms with Crippen molar-refractivity contribution in [2.75, 3.05) is 25.5 Å². The van der Waals surface area contributed by atoms with Gasteiger partial charge in [0.1, 0.15) is 5.75 Å². The molecule has 1 heterocycles. The second-order valence-electron chi connectivity index (χ2n) is 6.15. The maximum atomic E-state index is 12.4. The molecule has 1 aliphatic rings. The van der Waals surface area contributed by atoms with Crippen LogP contribution in [-0.2, 0) is 4.79 Å². The maximum absolute atomic E-state index is 12.4. The van der Waals surface area contributed by atoms with Gasteiger partial charge in [0.05, 0.1) is 7.11 Å². The van der Waals surface area contributed by atoms with Gasteiger partial charge in [-0.15, -0.1) is 0 Å². The minimum Gasteiger partial charge on any atom is -0.497 e. The lowest BCUT2D eigenvalue weighted by atomic mass is 9.95. The van der Waals surface area contributed by atoms with Crippen LogP contribution in [0.1, 0.15) is 23.2 Å². The Kier molecular flexibility index (Phi) is 5.33. The summed E-state index contributed by atoms with van der Waals surface area (Å²) >= 11 is 0. The summed E-state index contributed by atoms with van der Waals surface area (Å²) in [6.07, 6.45) is 1.36. The number of nitrogens with zero attached hydrogens (tertiary/aromatic N) is 1. The summed E-state index contributed by atoms with van der Waals surface area (Å²) in [5.74, 6) is 0.735. The first kappa shape index (κ1) is 17.0. The molecule has 0 aromatic heterocycles. The quantitative estimate of drug-likeness (QED) is 0.931. The van der Waals surface area contributed by atoms with E-state index in [-0.39, 0.29) is 17.7 Å². The Morgan fingerprint density at radius 2 is 1.64 bits per heavy atom. The van der Waals surface area contributed by atoms with Gasteiger partial charge in [0, 0.05) is 30.3 Å². The fraction of sp³-hybridized carbons (Fsp3) is 0.300. The van der Waals surface area contributed by atoms with Gasteiger partial charge in [-0.1, -0.05) is 18.2 Å². The minimum absolute atomic E-state index is 0.0111. The molecule has 2 amide bonds. The number of hydrogen-bond donors (Lipinski definition) is 1. The number of piperidine rings is 1. The van der Waals surface area contributed by atoms with Gasteiger partial charge >= 0.3 is 0 Å². The van der Waals surface area contributed by atoms with Crippen molar-refractivity contribution in [3.8, 4) is 5.75 Å². The van der Waals surface area contributed by atoms with E-state index < -0.39 is 0 Å². The number of likely N-dealkylation sites (tertiary alicyclic amines) is 1. The number of hydrogen-bond acceptors (Lipinski definition) is 3. The first-order valence-corrected chi connectivity index (χ1v) is 8.46. The van der Waals surface area contributed by atoms with E-state index in [2.05, 4.69) is 5.32 Å². The molecule has 3 rings (SSSR count). The number of carbonyl (C=O) groups is 2. The van der Waals surface area contributed by atoms with Crippen LogP contribution in [0.25, 0.3) is 0 Å². The molecule has 5 nitrogen and oxygen atoms in total. The van der Waals surface area contributed by atoms with Crippen LogP contribution in [0.3, 0.4) is 0 Å². The molecule has 0 aliphatic carbocycles. The van der Waals surface area contributed by atoms with Crippen molar-refractivity contribution in [1.29, 1.82) is 0 Å². The maximum Gasteiger partial charge on any atom is 0.253 e. The van der Waals surface area contributed by atoms with Crippen LogP contribution >= 0.6 is 0 Å². The molecule has 2 aromatic rings. The van der Waals surface area contributed by atoms with Crippen molar-refractivity contribution in [3.63, 3.8) is 0 Å². The summed E-state index contributed by atoms with van der Waals surface area (Å²) in [7, 11) is 1.61. The zero-order valence-corrected chi connectivity index (χ0v) is 14.3. The number of methoxy groups -OCH3 is 1. The minimum atomic E-state index is -0.0677. The van der Waals surface area contributed by atoms with E-state index >= 15 is 0 Å². The summed E-state index contributed by atoms with van der Waals surface area (Å²) < 4.78 is 5.11. The van der Waals surface area contributed by atoms with Crippen molar-refractivity contribution in [3.05, 3.63) is 60.2 Å². The van der Waals surface area contributed by atoms with Crippen LogP contribution < -0.4 is 10.1 Å². The average Bonchev–Trinajstić information content (AvgIpc) is 2.69. The van der Waals surface area contributed by atoms with Gasteiger partial charge in [-0.05, 0) is 49.2 Å². The van der Waals surface area contributed by atoms with E-state index in [1.807, 2.05) is 59.5 Å². The summed E-state index contributed by atoms with van der Waals surface area (Å²) in [6, 6.07) is 16.6. The summed E-state index contributed by atoms with van der Waals surface area (Å²) in [4.78, 5) is 26.7. The molecule has 0 atom stereocenters. The van der Waals surface area contributed by atoms with Crippen molar-refractivity contribution >= 4 is 17.5 Å². The zero-order valence-electron chi connectivity index (χ0n) is 14.3. The van der Waals surface area contributed by atoms with Gasteiger partial charge in [0.15, 0.2) is 0 Å². The highest BCUT2D eigenvalue weighted by Gasteiger charge is 2.27. The predicted octanol–water partition coefficient (Wildman–Crippen LogP) is 3.19. The topological polar surface area (TPSA) is 58.6 Å². The van der Waals surface area contributed by atoms with E-state index in [9.17, 15) is 9.59 Å². The van der Waals surface area contributed by atoms with Crippen molar-refractivity contribution in [2.24, 2.45) is 5.92 Å². The lowest BCUT2D eigenvalue weighted by Crippen LogP contribution is -2.41. The first-order valence-electron chi connectivity index (χ1n) is 8.46. The van der Waals surface area contributed by atoms with Crippen molar-refractivity contribution in [2.45, 2.75) is 12.8 Å². The van der Waals surface area contributed by atoms with Gasteiger partial charge in [-0.25, -0.2) is 0 Å². The SMILES string of the molecule is COc1ccc(NC(=O)C2CCN(C(=O)c3ccccc3)CC2)cc1. The monoisotopic (exact) mass is 338 g/mol. The Balaban J connectivity index is 1.53. The molecule has 0 saturated carbocycles. The predicted molar refractivity (Wildman–Crippen MR) is 96.7 cm³/mol. The van der Waals surface area contributed by atoms with Crippen LogP contribution in [0.5, 0.6) is 5.75 Å². The Morgan fingerprint density at radius 1 is 1.00 bits per heavy atom. The van der Waals surface area contributed by atoms with Crippen LogP contribution in [-0.4, -0.2) is 36.9 Å². The molecule has 1 fully saturated rings. The van der Waals surface area contributed by atoms with E-state index in [1.54, 1.807) is 7.11 Å². The molecule has 0 spiro atoms. The number of nitrogens with one attached hydrogen (secondary N) is 1. The number of anilines is 1. The normalized spacial score (nSPS) is 14.8. The van der Waals surface area contributed by atoms with Gasteiger partial charge in [0.25, 0.3) is 5.91 Å². The number of benzene rings is 2. The third-order valence-electron chi connectivity index (χ3n) is 4.53. The zero-order chi connectivity index (χ0) is 17.6. The molecule has 5 heteroatoms. The van der Waals surface area contributed by atoms with E-state index in [1.165, 1.54) is 0 Å². The largest absolute Gasteiger partial charge is 0.497 e. The van der Waals surface area contributed by atoms with E-state index in [0.717, 1.165) is 11.4 Å². The molecule has 130 valence electrons. The third-order valence-corrected chi connectivity index (χ3v) is 4.53. The van der Waals surface area contributed by atoms with Gasteiger partial charge < -0.3 is 15.0 Å². The summed E-state index contributed by atoms with van der Waals surface area (Å²) in [5.41, 5.74) is 1.46. The fourth-order valence-electron chi connectivity index (χ4n) is 3.03. The molecule has 0 bridgehead atoms. The lowest BCUT2D eigenvalue weighted by molar-refractivity contribution is -0.121. The molecule has 0 radical (unpaired) electrons. The average molecular weight is 338 g/mol. The fourth-order valence-corrected chi connectivity index (χ4v) is 3.03. The molecule has 2 aromatic carbocycles. The van der Waals surface area contributed by atoms with Crippen LogP contribution in [0.15, 0.2) is 54.6 Å². The van der Waals surface area contributed by atoms with Crippen LogP contribution in [0, 0.1) is 5.92 Å². The van der Waals surface area contributed by atoms with Crippen molar-refractivity contribution < 1.29 is 14.3 Å². The second-order valence-corrected chi connectivity index (χ2v) is 6.15. The highest BCUT2D eigenvalue weighted by Crippen LogP contribution is 2.22. The second kappa shape index (κ2) is 7.83. The molecular weight excluding hydrogens is 316 g/mol. The Hall–Kier alpha value is -2.82. The number of ether oxygens (including phenoxy) is 1. The van der Waals surface area contributed by atoms with Crippen LogP contribution in [0.2, 0.25) is 0 Å². The highest BCUT2D eigenvalue weighted by molar-refractivity contribution is 5.95. The van der Waals surface area contributed by atoms with E-state index in [4.69, 9.17) is 4.74 Å². The first-order chi connectivity index (χ1) is 12.2. The summed E-state index contributed by atoms with van der Waals surface area (Å²) in [5, 5.41) is 2.94. The van der Waals surface area contributed by atoms with Crippen molar-refractivity contribution in [1.82, 2.24) is 4.90 Å². The molecule has 0 unspecified atom stereocenters. The van der Waals surface area contributed by atoms with E-state index in [0.29, 0.717) is 31.5 Å². The number of rotatable bonds is 4. The Labute approximate surface area is 147 Å². The highest BCUT2D eigenvalue weighted by atomic mass is 16.5. The number of carbonyl (C=O) groups excluding carboxylic acids is 2. The molecule has 1 aliphatic heterocycles. The summed E-state index contributed by atoms with van der Waals surface area (Å²) in [6.45, 7) is 1.21. The molecule has 1 saturated heterocycles. The molecular formula is C20H22N2O3. The standard InChI is InChI=1S/C20H22N2O3/c1-25-18-9-7-17(8-10-18)21-19(23)15-11-13-22(14-12-15)20(24)16-5-3-2-4-6-16/h2-10,15H,11-14H2,1H3,(H,21,23). The van der Waals surface area contributed by atoms with Gasteiger partial charge in [-0.2, -0.15) is 0 Å². The van der Waals surface area contributed by atoms with Crippen LogP contribution in [0.4, 0.5) is 5.69 Å². The Bertz CT molecular complexity index is 720. The third kappa shape index (κ3) is 4.18. The lowest BCUT2D eigenvalue weighted by Gasteiger charge is -2.31. The van der Waals surface area contributed by atoms with Gasteiger partial charge in [-0.3, -0.25) is 9.59 Å². The smallest absolute Gasteiger partial charge is 0.253 e. The van der Waals surface area contributed by atoms with Gasteiger partial charge in [0.2, 0.25) is 5.91 Å². The number of amides is 2. The molecule has 1 N–H and O–H groups in total. The molecule has 25 heavy (non-hydrogen) atoms.